The van der Waals surface area contributed by atoms with E-state index in [9.17, 15) is 22.8 Å². The highest BCUT2D eigenvalue weighted by Gasteiger charge is 2.34. The van der Waals surface area contributed by atoms with Crippen LogP contribution in [0.25, 0.3) is 0 Å². The molecule has 0 spiro atoms. The second-order valence-electron chi connectivity index (χ2n) is 6.70. The molecular formula is C21H19F3N2O6. The number of amides is 2. The summed E-state index contributed by atoms with van der Waals surface area (Å²) in [6, 6.07) is 10.2. The lowest BCUT2D eigenvalue weighted by Gasteiger charge is -2.13. The smallest absolute Gasteiger partial charge is 0.419 e. The molecule has 2 aromatic carbocycles. The van der Waals surface area contributed by atoms with Crippen molar-refractivity contribution in [1.82, 2.24) is 5.32 Å². The maximum absolute atomic E-state index is 12.9. The molecule has 0 aliphatic carbocycles. The fourth-order valence-electron chi connectivity index (χ4n) is 2.78. The van der Waals surface area contributed by atoms with Crippen molar-refractivity contribution in [1.29, 1.82) is 0 Å². The molecule has 1 saturated heterocycles. The van der Waals surface area contributed by atoms with Crippen LogP contribution in [0.4, 0.5) is 18.0 Å². The Morgan fingerprint density at radius 3 is 2.47 bits per heavy atom. The van der Waals surface area contributed by atoms with Gasteiger partial charge < -0.3 is 19.0 Å². The van der Waals surface area contributed by atoms with Crippen molar-refractivity contribution in [3.63, 3.8) is 0 Å². The number of methoxy groups -OCH3 is 1. The van der Waals surface area contributed by atoms with Gasteiger partial charge in [-0.25, -0.2) is 4.79 Å². The van der Waals surface area contributed by atoms with Gasteiger partial charge in [-0.2, -0.15) is 13.2 Å². The highest BCUT2D eigenvalue weighted by molar-refractivity contribution is 6.00. The van der Waals surface area contributed by atoms with E-state index in [2.05, 4.69) is 5.16 Å². The van der Waals surface area contributed by atoms with Gasteiger partial charge in [-0.3, -0.25) is 10.1 Å². The van der Waals surface area contributed by atoms with Crippen LogP contribution in [0, 0.1) is 0 Å². The van der Waals surface area contributed by atoms with Crippen LogP contribution in [-0.2, 0) is 27.2 Å². The quantitative estimate of drug-likeness (QED) is 0.485. The molecule has 0 saturated carbocycles. The standard InChI is InChI=1S/C21H19F3N2O6/c1-12(26-31-10-13-3-8-16(21(22,23)24)17(9-13)29-2)14-4-6-15(7-5-14)30-11-18-19(27)25-20(28)32-18/h3-9,18H,10-11H2,1-2H3,(H,25,27,28). The monoisotopic (exact) mass is 452 g/mol. The zero-order chi connectivity index (χ0) is 23.3. The molecule has 1 N–H and O–H groups in total. The van der Waals surface area contributed by atoms with Crippen LogP contribution in [0.2, 0.25) is 0 Å². The molecule has 1 aliphatic rings. The molecule has 1 aliphatic heterocycles. The SMILES string of the molecule is COc1cc(CON=C(C)c2ccc(OCC3OC(=O)NC3=O)cc2)ccc1C(F)(F)F. The Morgan fingerprint density at radius 1 is 1.16 bits per heavy atom. The third-order valence-corrected chi connectivity index (χ3v) is 4.44. The minimum absolute atomic E-state index is 0.0464. The number of hydrogen-bond donors (Lipinski definition) is 1. The fourth-order valence-corrected chi connectivity index (χ4v) is 2.78. The number of ether oxygens (including phenoxy) is 3. The Hall–Kier alpha value is -3.76. The van der Waals surface area contributed by atoms with E-state index in [1.165, 1.54) is 19.2 Å². The molecule has 1 atom stereocenters. The first-order valence-corrected chi connectivity index (χ1v) is 9.32. The van der Waals surface area contributed by atoms with Gasteiger partial charge >= 0.3 is 12.3 Å². The lowest BCUT2D eigenvalue weighted by Crippen LogP contribution is -2.29. The number of halogens is 3. The summed E-state index contributed by atoms with van der Waals surface area (Å²) in [6.07, 6.45) is -6.31. The topological polar surface area (TPSA) is 95.4 Å². The molecule has 32 heavy (non-hydrogen) atoms. The first kappa shape index (κ1) is 22.9. The number of cyclic esters (lactones) is 1. The van der Waals surface area contributed by atoms with E-state index in [1.807, 2.05) is 5.32 Å². The second-order valence-corrected chi connectivity index (χ2v) is 6.70. The van der Waals surface area contributed by atoms with Crippen LogP contribution in [0.15, 0.2) is 47.6 Å². The summed E-state index contributed by atoms with van der Waals surface area (Å²) in [4.78, 5) is 27.7. The van der Waals surface area contributed by atoms with Crippen LogP contribution in [0.1, 0.15) is 23.6 Å². The highest BCUT2D eigenvalue weighted by Crippen LogP contribution is 2.36. The molecule has 2 aromatic rings. The van der Waals surface area contributed by atoms with E-state index in [0.29, 0.717) is 22.6 Å². The summed E-state index contributed by atoms with van der Waals surface area (Å²) >= 11 is 0. The van der Waals surface area contributed by atoms with Crippen molar-refractivity contribution in [3.8, 4) is 11.5 Å². The van der Waals surface area contributed by atoms with Crippen LogP contribution in [0.3, 0.4) is 0 Å². The molecular weight excluding hydrogens is 433 g/mol. The number of nitrogens with zero attached hydrogens (tertiary/aromatic N) is 1. The van der Waals surface area contributed by atoms with Gasteiger partial charge in [0.2, 0.25) is 6.10 Å². The molecule has 0 radical (unpaired) electrons. The summed E-state index contributed by atoms with van der Waals surface area (Å²) < 4.78 is 53.8. The van der Waals surface area contributed by atoms with E-state index in [-0.39, 0.29) is 19.0 Å². The van der Waals surface area contributed by atoms with Crippen molar-refractivity contribution in [2.24, 2.45) is 5.16 Å². The predicted octanol–water partition coefficient (Wildman–Crippen LogP) is 3.67. The summed E-state index contributed by atoms with van der Waals surface area (Å²) in [5.41, 5.74) is 0.844. The Kier molecular flexibility index (Phi) is 6.86. The minimum atomic E-state index is -4.51. The van der Waals surface area contributed by atoms with Crippen molar-refractivity contribution < 1.29 is 41.8 Å². The Labute approximate surface area is 180 Å². The van der Waals surface area contributed by atoms with Crippen molar-refractivity contribution in [3.05, 3.63) is 59.2 Å². The van der Waals surface area contributed by atoms with Gasteiger partial charge in [0.05, 0.1) is 18.4 Å². The average Bonchev–Trinajstić information content (AvgIpc) is 3.08. The average molecular weight is 452 g/mol. The maximum atomic E-state index is 12.9. The van der Waals surface area contributed by atoms with Crippen LogP contribution < -0.4 is 14.8 Å². The number of hydrogen-bond acceptors (Lipinski definition) is 7. The Balaban J connectivity index is 1.55. The number of alkyl carbamates (subject to hydrolysis) is 1. The predicted molar refractivity (Wildman–Crippen MR) is 105 cm³/mol. The lowest BCUT2D eigenvalue weighted by molar-refractivity contribution is -0.138. The van der Waals surface area contributed by atoms with Crippen molar-refractivity contribution >= 4 is 17.7 Å². The second kappa shape index (κ2) is 9.58. The van der Waals surface area contributed by atoms with E-state index in [0.717, 1.165) is 6.07 Å². The number of imide groups is 1. The number of oxime groups is 1. The third kappa shape index (κ3) is 5.68. The summed E-state index contributed by atoms with van der Waals surface area (Å²) in [7, 11) is 1.17. The summed E-state index contributed by atoms with van der Waals surface area (Å²) in [5, 5.41) is 5.98. The number of alkyl halides is 3. The minimum Gasteiger partial charge on any atom is -0.496 e. The zero-order valence-corrected chi connectivity index (χ0v) is 17.1. The molecule has 170 valence electrons. The fraction of sp³-hybridized carbons (Fsp3) is 0.286. The summed E-state index contributed by atoms with van der Waals surface area (Å²) in [6.45, 7) is 1.53. The number of benzene rings is 2. The first-order valence-electron chi connectivity index (χ1n) is 9.32. The van der Waals surface area contributed by atoms with E-state index in [1.54, 1.807) is 31.2 Å². The maximum Gasteiger partial charge on any atom is 0.419 e. The summed E-state index contributed by atoms with van der Waals surface area (Å²) in [5.74, 6) is -0.396. The molecule has 3 rings (SSSR count). The molecule has 1 unspecified atom stereocenters. The van der Waals surface area contributed by atoms with Crippen LogP contribution in [0.5, 0.6) is 11.5 Å². The molecule has 0 aromatic heterocycles. The van der Waals surface area contributed by atoms with Gasteiger partial charge in [0.15, 0.2) is 0 Å². The first-order chi connectivity index (χ1) is 15.2. The van der Waals surface area contributed by atoms with Gasteiger partial charge in [-0.1, -0.05) is 11.2 Å². The van der Waals surface area contributed by atoms with E-state index >= 15 is 0 Å². The normalized spacial score (nSPS) is 16.4. The molecule has 8 nitrogen and oxygen atoms in total. The van der Waals surface area contributed by atoms with Gasteiger partial charge in [-0.15, -0.1) is 0 Å². The lowest BCUT2D eigenvalue weighted by atomic mass is 10.1. The van der Waals surface area contributed by atoms with E-state index in [4.69, 9.17) is 19.0 Å². The third-order valence-electron chi connectivity index (χ3n) is 4.44. The molecule has 1 heterocycles. The molecule has 0 bridgehead atoms. The highest BCUT2D eigenvalue weighted by atomic mass is 19.4. The zero-order valence-electron chi connectivity index (χ0n) is 17.1. The van der Waals surface area contributed by atoms with Crippen molar-refractivity contribution in [2.75, 3.05) is 13.7 Å². The van der Waals surface area contributed by atoms with Crippen LogP contribution in [-0.4, -0.2) is 37.5 Å². The van der Waals surface area contributed by atoms with E-state index < -0.39 is 29.8 Å². The Morgan fingerprint density at radius 2 is 1.88 bits per heavy atom. The number of rotatable bonds is 8. The molecule has 1 fully saturated rings. The largest absolute Gasteiger partial charge is 0.496 e. The van der Waals surface area contributed by atoms with Crippen LogP contribution >= 0.6 is 0 Å². The van der Waals surface area contributed by atoms with Gasteiger partial charge in [0.25, 0.3) is 5.91 Å². The van der Waals surface area contributed by atoms with Crippen molar-refractivity contribution in [2.45, 2.75) is 25.8 Å². The Bertz CT molecular complexity index is 1020. The molecule has 2 amide bonds. The van der Waals surface area contributed by atoms with Gasteiger partial charge in [-0.05, 0) is 54.4 Å². The number of carbonyl (C=O) groups is 2. The number of nitrogens with one attached hydrogen (secondary N) is 1. The number of carbonyl (C=O) groups excluding carboxylic acids is 2. The van der Waals surface area contributed by atoms with Gasteiger partial charge in [0.1, 0.15) is 24.7 Å². The molecule has 11 heteroatoms. The van der Waals surface area contributed by atoms with Gasteiger partial charge in [0, 0.05) is 0 Å².